The Morgan fingerprint density at radius 2 is 1.58 bits per heavy atom. The first-order chi connectivity index (χ1) is 28.5. The monoisotopic (exact) mass is 834 g/mol. The topological polar surface area (TPSA) is 129 Å². The number of hydrogen-bond donors (Lipinski definition) is 2. The molecule has 4 amide bonds. The maximum atomic E-state index is 15.6. The van der Waals surface area contributed by atoms with Crippen LogP contribution >= 0.6 is 23.2 Å². The number of imide groups is 2. The van der Waals surface area contributed by atoms with Crippen molar-refractivity contribution in [3.63, 3.8) is 0 Å². The molecule has 3 aliphatic heterocycles. The number of aromatic hydroxyl groups is 1. The molecule has 304 valence electrons. The molecule has 6 unspecified atom stereocenters. The number of amides is 4. The molecule has 9 rings (SSSR count). The second kappa shape index (κ2) is 15.3. The molecule has 5 aliphatic rings. The van der Waals surface area contributed by atoms with E-state index in [2.05, 4.69) is 22.5 Å². The lowest BCUT2D eigenvalue weighted by molar-refractivity contribution is -0.144. The average Bonchev–Trinajstić information content (AvgIpc) is 3.63. The van der Waals surface area contributed by atoms with E-state index >= 15 is 9.59 Å². The molecule has 0 spiro atoms. The second-order valence-electron chi connectivity index (χ2n) is 16.2. The van der Waals surface area contributed by atoms with E-state index in [0.29, 0.717) is 52.6 Å². The Morgan fingerprint density at radius 1 is 0.831 bits per heavy atom. The lowest BCUT2D eigenvalue weighted by Gasteiger charge is -2.50. The number of rotatable bonds is 9. The number of benzene rings is 4. The number of anilines is 1. The van der Waals surface area contributed by atoms with Crippen LogP contribution in [-0.4, -0.2) is 76.9 Å². The molecule has 59 heavy (non-hydrogen) atoms. The van der Waals surface area contributed by atoms with E-state index in [9.17, 15) is 14.7 Å². The smallest absolute Gasteiger partial charge is 0.260 e. The quantitative estimate of drug-likeness (QED) is 0.131. The lowest BCUT2D eigenvalue weighted by atomic mass is 9.49. The Morgan fingerprint density at radius 3 is 2.27 bits per heavy atom. The highest BCUT2D eigenvalue weighted by molar-refractivity contribution is 6.36. The van der Waals surface area contributed by atoms with Gasteiger partial charge in [0.1, 0.15) is 17.2 Å². The number of carbonyl (C=O) groups excluding carboxylic acids is 4. The summed E-state index contributed by atoms with van der Waals surface area (Å²) in [6, 6.07) is 26.6. The van der Waals surface area contributed by atoms with Gasteiger partial charge in [0.05, 0.1) is 48.1 Å². The lowest BCUT2D eigenvalue weighted by Crippen LogP contribution is -2.53. The number of methoxy groups -OCH3 is 2. The van der Waals surface area contributed by atoms with Crippen LogP contribution in [0.15, 0.2) is 103 Å². The van der Waals surface area contributed by atoms with Gasteiger partial charge in [0, 0.05) is 48.2 Å². The van der Waals surface area contributed by atoms with Gasteiger partial charge in [-0.05, 0) is 79.1 Å². The summed E-state index contributed by atoms with van der Waals surface area (Å²) in [6.45, 7) is 2.31. The van der Waals surface area contributed by atoms with Crippen molar-refractivity contribution in [1.29, 1.82) is 0 Å². The fourth-order valence-electron chi connectivity index (χ4n) is 10.7. The number of nitrogens with one attached hydrogen (secondary N) is 1. The van der Waals surface area contributed by atoms with Gasteiger partial charge in [-0.25, -0.2) is 0 Å². The zero-order chi connectivity index (χ0) is 41.2. The van der Waals surface area contributed by atoms with E-state index in [4.69, 9.17) is 32.7 Å². The molecule has 2 N–H and O–H groups in total. The molecular weight excluding hydrogens is 791 g/mol. The average molecular weight is 836 g/mol. The van der Waals surface area contributed by atoms with Gasteiger partial charge >= 0.3 is 0 Å². The number of nitrogens with zero attached hydrogens (tertiary/aromatic N) is 3. The third-order valence-corrected chi connectivity index (χ3v) is 13.9. The molecule has 4 aromatic rings. The molecule has 13 heteroatoms. The number of carbonyl (C=O) groups is 4. The van der Waals surface area contributed by atoms with Crippen molar-refractivity contribution < 1.29 is 33.8 Å². The Hall–Kier alpha value is -5.36. The van der Waals surface area contributed by atoms with Crippen molar-refractivity contribution in [2.24, 2.45) is 23.7 Å². The third kappa shape index (κ3) is 6.36. The summed E-state index contributed by atoms with van der Waals surface area (Å²) in [4.78, 5) is 63.9. The van der Waals surface area contributed by atoms with Crippen molar-refractivity contribution in [2.75, 3.05) is 32.7 Å². The van der Waals surface area contributed by atoms with E-state index in [0.717, 1.165) is 30.2 Å². The summed E-state index contributed by atoms with van der Waals surface area (Å²) in [5.74, 6) is -4.28. The first-order valence-corrected chi connectivity index (χ1v) is 20.7. The number of hydrazine groups is 1. The number of phenolic OH excluding ortho intramolecular Hbond substituents is 1. The molecule has 0 radical (unpaired) electrons. The Kier molecular flexibility index (Phi) is 10.2. The molecule has 1 saturated carbocycles. The molecule has 2 aliphatic carbocycles. The highest BCUT2D eigenvalue weighted by Gasteiger charge is 2.71. The predicted molar refractivity (Wildman–Crippen MR) is 222 cm³/mol. The molecular formula is C46H44Cl2N4O7. The minimum Gasteiger partial charge on any atom is -0.508 e. The summed E-state index contributed by atoms with van der Waals surface area (Å²) < 4.78 is 11.4. The fourth-order valence-corrected chi connectivity index (χ4v) is 11.1. The van der Waals surface area contributed by atoms with Gasteiger partial charge in [0.25, 0.3) is 11.8 Å². The van der Waals surface area contributed by atoms with Crippen molar-refractivity contribution in [2.45, 2.75) is 49.6 Å². The number of fused-ring (bicyclic) bond motifs is 4. The van der Waals surface area contributed by atoms with E-state index in [1.807, 2.05) is 24.3 Å². The highest BCUT2D eigenvalue weighted by Crippen LogP contribution is 2.65. The number of hydrogen-bond acceptors (Lipinski definition) is 9. The van der Waals surface area contributed by atoms with Crippen molar-refractivity contribution in [3.8, 4) is 17.2 Å². The normalized spacial score (nSPS) is 27.0. The van der Waals surface area contributed by atoms with Crippen molar-refractivity contribution in [3.05, 3.63) is 129 Å². The van der Waals surface area contributed by atoms with Gasteiger partial charge < -0.3 is 14.6 Å². The van der Waals surface area contributed by atoms with Crippen LogP contribution in [0.25, 0.3) is 0 Å². The molecule has 0 aromatic heterocycles. The van der Waals surface area contributed by atoms with E-state index in [-0.39, 0.29) is 35.0 Å². The Labute approximate surface area is 352 Å². The fraction of sp³-hybridized carbons (Fsp3) is 0.348. The third-order valence-electron chi connectivity index (χ3n) is 13.3. The van der Waals surface area contributed by atoms with E-state index in [1.165, 1.54) is 35.8 Å². The number of likely N-dealkylation sites (tertiary alicyclic amines) is 2. The zero-order valence-electron chi connectivity index (χ0n) is 32.6. The summed E-state index contributed by atoms with van der Waals surface area (Å²) in [6.07, 6.45) is 3.80. The largest absolute Gasteiger partial charge is 0.508 e. The molecule has 0 bridgehead atoms. The Balaban J connectivity index is 1.14. The molecule has 6 atom stereocenters. The number of allylic oxidation sites excluding steroid dienone is 2. The molecule has 3 heterocycles. The molecule has 4 aromatic carbocycles. The first kappa shape index (κ1) is 39.1. The van der Waals surface area contributed by atoms with E-state index < -0.39 is 46.8 Å². The predicted octanol–water partition coefficient (Wildman–Crippen LogP) is 7.37. The van der Waals surface area contributed by atoms with Gasteiger partial charge in [-0.2, -0.15) is 5.01 Å². The van der Waals surface area contributed by atoms with Crippen LogP contribution in [0.1, 0.15) is 48.3 Å². The summed E-state index contributed by atoms with van der Waals surface area (Å²) in [5, 5.41) is 12.3. The van der Waals surface area contributed by atoms with Crippen LogP contribution in [0.4, 0.5) is 5.69 Å². The van der Waals surface area contributed by atoms with Crippen molar-refractivity contribution in [1.82, 2.24) is 14.8 Å². The van der Waals surface area contributed by atoms with Gasteiger partial charge in [0.2, 0.25) is 11.8 Å². The minimum absolute atomic E-state index is 0.0396. The number of piperidine rings is 1. The SMILES string of the molecule is COc1ccc(C23C(=O)N(Nc4ccc(Cl)cc4Cl)C(=O)C2CC2C(=CCC4C(=O)N(C5CCN(Cc6ccccc6)CC5)C(=O)C42)C3c2ccc(O)cc2OC)cc1. The summed E-state index contributed by atoms with van der Waals surface area (Å²) >= 11 is 12.8. The molecule has 4 fully saturated rings. The molecule has 3 saturated heterocycles. The first-order valence-electron chi connectivity index (χ1n) is 20.0. The van der Waals surface area contributed by atoms with Crippen LogP contribution in [-0.2, 0) is 31.1 Å². The van der Waals surface area contributed by atoms with E-state index in [1.54, 1.807) is 49.6 Å². The zero-order valence-corrected chi connectivity index (χ0v) is 34.2. The van der Waals surface area contributed by atoms with Crippen LogP contribution in [0.5, 0.6) is 17.2 Å². The summed E-state index contributed by atoms with van der Waals surface area (Å²) in [7, 11) is 3.04. The minimum atomic E-state index is -1.56. The van der Waals surface area contributed by atoms with Gasteiger partial charge in [-0.3, -0.25) is 34.4 Å². The van der Waals surface area contributed by atoms with Gasteiger partial charge in [-0.1, -0.05) is 83.4 Å². The van der Waals surface area contributed by atoms with Crippen LogP contribution in [0.3, 0.4) is 0 Å². The van der Waals surface area contributed by atoms with Crippen LogP contribution < -0.4 is 14.9 Å². The van der Waals surface area contributed by atoms with Crippen LogP contribution in [0.2, 0.25) is 10.0 Å². The highest BCUT2D eigenvalue weighted by atomic mass is 35.5. The number of ether oxygens (including phenoxy) is 2. The van der Waals surface area contributed by atoms with Gasteiger partial charge in [-0.15, -0.1) is 0 Å². The number of phenols is 1. The maximum Gasteiger partial charge on any atom is 0.260 e. The standard InChI is InChI=1S/C46H44Cl2N4O7/c1-58-31-12-8-27(9-13-31)46-36(43(55)52(45(46)57)49-38-17-10-28(47)22-37(38)48)24-35-32(41(46)33-14-11-30(53)23-39(33)59-2)15-16-34-40(35)44(56)51(42(34)54)29-18-20-50(21-19-29)25-26-6-4-3-5-7-26/h3-15,17,22-23,29,34-36,40-41,49,53H,16,18-21,24-25H2,1-2H3. The second-order valence-corrected chi connectivity index (χ2v) is 17.0. The van der Waals surface area contributed by atoms with Crippen LogP contribution in [0, 0.1) is 23.7 Å². The van der Waals surface area contributed by atoms with Crippen molar-refractivity contribution >= 4 is 52.5 Å². The Bertz CT molecular complexity index is 2370. The summed E-state index contributed by atoms with van der Waals surface area (Å²) in [5.41, 5.74) is 4.90. The van der Waals surface area contributed by atoms with Gasteiger partial charge in [0.15, 0.2) is 0 Å². The molecule has 11 nitrogen and oxygen atoms in total. The number of halogens is 2. The maximum absolute atomic E-state index is 15.6.